The highest BCUT2D eigenvalue weighted by Crippen LogP contribution is 2.37. The van der Waals surface area contributed by atoms with E-state index in [1.807, 2.05) is 0 Å². The average molecular weight is 706 g/mol. The first kappa shape index (κ1) is 40.0. The van der Waals surface area contributed by atoms with Crippen molar-refractivity contribution in [2.45, 2.75) is 72.7 Å². The van der Waals surface area contributed by atoms with Gasteiger partial charge in [-0.05, 0) is 50.0 Å². The maximum atomic E-state index is 13.8. The number of aliphatic hydroxyl groups excluding tert-OH is 3. The number of halogens is 1. The van der Waals surface area contributed by atoms with Crippen LogP contribution in [0.4, 0.5) is 0 Å². The summed E-state index contributed by atoms with van der Waals surface area (Å²) in [6, 6.07) is 1.25. The van der Waals surface area contributed by atoms with Crippen LogP contribution < -0.4 is 5.32 Å². The predicted octanol–water partition coefficient (Wildman–Crippen LogP) is 5.30. The van der Waals surface area contributed by atoms with Crippen LogP contribution in [0.3, 0.4) is 0 Å². The minimum atomic E-state index is -1.01. The lowest BCUT2D eigenvalue weighted by Crippen LogP contribution is -2.33. The minimum absolute atomic E-state index is 0.0807. The fourth-order valence-corrected chi connectivity index (χ4v) is 5.73. The van der Waals surface area contributed by atoms with E-state index in [1.54, 1.807) is 58.1 Å². The summed E-state index contributed by atoms with van der Waals surface area (Å²) in [4.78, 5) is 66.2. The molecule has 2 heterocycles. The summed E-state index contributed by atoms with van der Waals surface area (Å²) in [6.45, 7) is 9.66. The molecule has 0 unspecified atom stereocenters. The van der Waals surface area contributed by atoms with Crippen LogP contribution in [0, 0.1) is 24.7 Å². The molecule has 0 radical (unpaired) electrons. The van der Waals surface area contributed by atoms with E-state index in [4.69, 9.17) is 11.6 Å². The number of hydrogen-bond acceptors (Lipinski definition) is 9. The molecule has 0 saturated carbocycles. The van der Waals surface area contributed by atoms with Gasteiger partial charge in [-0.2, -0.15) is 0 Å². The molecule has 0 saturated heterocycles. The molecule has 10 nitrogen and oxygen atoms in total. The molecule has 0 fully saturated rings. The van der Waals surface area contributed by atoms with Crippen LogP contribution in [0.1, 0.15) is 84.1 Å². The summed E-state index contributed by atoms with van der Waals surface area (Å²) in [6.07, 6.45) is 12.2. The van der Waals surface area contributed by atoms with Crippen molar-refractivity contribution in [3.63, 3.8) is 0 Å². The Bertz CT molecular complexity index is 1770. The summed E-state index contributed by atoms with van der Waals surface area (Å²) >= 11 is 6.31. The molecule has 0 aromatic heterocycles. The summed E-state index contributed by atoms with van der Waals surface area (Å²) in [7, 11) is 0. The zero-order valence-corrected chi connectivity index (χ0v) is 29.7. The second-order valence-corrected chi connectivity index (χ2v) is 13.2. The van der Waals surface area contributed by atoms with E-state index in [0.29, 0.717) is 5.57 Å². The average Bonchev–Trinajstić information content (AvgIpc) is 3.07. The normalized spacial score (nSPS) is 31.4. The zero-order chi connectivity index (χ0) is 37.4. The van der Waals surface area contributed by atoms with Crippen molar-refractivity contribution in [1.29, 1.82) is 0 Å². The maximum absolute atomic E-state index is 13.8. The summed E-state index contributed by atoms with van der Waals surface area (Å²) < 4.78 is 0. The third-order valence-corrected chi connectivity index (χ3v) is 9.13. The Morgan fingerprint density at radius 1 is 0.760 bits per heavy atom. The fourth-order valence-electron chi connectivity index (χ4n) is 5.51. The standard InChI is InChI=1S/C39H44ClNO9/c1-20-11-9-7-8-10-12-30(45)41-34-33(40)39(50)31-27(38(34)49)18-25(6)37(48)32(31)36(47)24(5)17-23(4)35(46)22(3)14-16-26(42)15-13-21(2)29(44)19-28(20)43/h7-14,16-18,20,22-23,26,28,35,42-43,46,48H,15,19H2,1-6H3,(H,41,45)/b8-7+,11-9-,12-10-,16-14+,21-13+,24-17+/t20-,22-,23-,26-,28-,35-/m0/s1. The van der Waals surface area contributed by atoms with E-state index in [9.17, 15) is 44.4 Å². The van der Waals surface area contributed by atoms with Gasteiger partial charge in [0.15, 0.2) is 11.6 Å². The third kappa shape index (κ3) is 9.60. The van der Waals surface area contributed by atoms with Crippen LogP contribution in [0.25, 0.3) is 0 Å². The second kappa shape index (κ2) is 17.4. The number of phenolic OH excluding ortho intramolecular Hbond substituents is 1. The number of carbonyl (C=O) groups excluding carboxylic acids is 5. The van der Waals surface area contributed by atoms with Crippen LogP contribution in [0.5, 0.6) is 5.75 Å². The Hall–Kier alpha value is -4.48. The van der Waals surface area contributed by atoms with Crippen molar-refractivity contribution in [3.8, 4) is 5.75 Å². The largest absolute Gasteiger partial charge is 0.507 e. The van der Waals surface area contributed by atoms with Gasteiger partial charge in [0, 0.05) is 41.4 Å². The molecule has 2 aliphatic heterocycles. The third-order valence-electron chi connectivity index (χ3n) is 8.77. The van der Waals surface area contributed by atoms with E-state index >= 15 is 0 Å². The number of amides is 1. The van der Waals surface area contributed by atoms with E-state index in [1.165, 1.54) is 44.2 Å². The van der Waals surface area contributed by atoms with Crippen LogP contribution in [0.15, 0.2) is 88.7 Å². The molecule has 4 bridgehead atoms. The molecule has 4 rings (SSSR count). The highest BCUT2D eigenvalue weighted by atomic mass is 35.5. The van der Waals surface area contributed by atoms with Gasteiger partial charge in [0.05, 0.1) is 23.9 Å². The Balaban J connectivity index is 2.05. The number of aliphatic hydroxyl groups is 3. The number of rotatable bonds is 0. The zero-order valence-electron chi connectivity index (χ0n) is 28.9. The van der Waals surface area contributed by atoms with Gasteiger partial charge in [0.25, 0.3) is 0 Å². The molecule has 266 valence electrons. The Morgan fingerprint density at radius 3 is 2.10 bits per heavy atom. The number of aryl methyl sites for hydroxylation is 1. The van der Waals surface area contributed by atoms with E-state index in [0.717, 1.165) is 6.08 Å². The van der Waals surface area contributed by atoms with E-state index in [-0.39, 0.29) is 41.2 Å². The number of fused-ring (bicyclic) bond motifs is 18. The van der Waals surface area contributed by atoms with Crippen molar-refractivity contribution in [2.24, 2.45) is 17.8 Å². The van der Waals surface area contributed by atoms with Gasteiger partial charge >= 0.3 is 0 Å². The Kier molecular flexibility index (Phi) is 13.9. The SMILES string of the molecule is C/C1=C\C[C@H](O)/C=C/[C@H](C)[C@H](O)[C@@H](C)/C=C(\C)C(=O)c2c(O)c(C)cc3c2C(=O)C(Cl)=C(NC(=O)\C=C/C=C/C=C\[C@H](C)[C@@H](O)CC1=O)C3=O. The van der Waals surface area contributed by atoms with Gasteiger partial charge < -0.3 is 25.7 Å². The van der Waals surface area contributed by atoms with E-state index < -0.39 is 81.0 Å². The molecule has 1 aromatic rings. The maximum Gasteiger partial charge on any atom is 0.248 e. The minimum Gasteiger partial charge on any atom is -0.507 e. The second-order valence-electron chi connectivity index (χ2n) is 12.8. The Labute approximate surface area is 296 Å². The molecule has 1 amide bonds. The number of phenols is 1. The first-order chi connectivity index (χ1) is 23.5. The van der Waals surface area contributed by atoms with Crippen molar-refractivity contribution < 1.29 is 44.4 Å². The number of benzene rings is 1. The molecule has 11 heteroatoms. The van der Waals surface area contributed by atoms with Crippen molar-refractivity contribution in [3.05, 3.63) is 111 Å². The van der Waals surface area contributed by atoms with Gasteiger partial charge in [0.1, 0.15) is 16.5 Å². The number of allylic oxidation sites excluding steroid dienone is 8. The highest BCUT2D eigenvalue weighted by molar-refractivity contribution is 6.51. The number of ketones is 4. The van der Waals surface area contributed by atoms with Gasteiger partial charge in [-0.1, -0.05) is 87.1 Å². The van der Waals surface area contributed by atoms with Crippen molar-refractivity contribution in [2.75, 3.05) is 0 Å². The lowest BCUT2D eigenvalue weighted by Gasteiger charge is -2.23. The van der Waals surface area contributed by atoms with E-state index in [2.05, 4.69) is 5.32 Å². The molecular formula is C39H44ClNO9. The summed E-state index contributed by atoms with van der Waals surface area (Å²) in [5, 5.41) is 44.7. The lowest BCUT2D eigenvalue weighted by molar-refractivity contribution is -0.118. The first-order valence-electron chi connectivity index (χ1n) is 16.3. The number of nitrogens with one attached hydrogen (secondary N) is 1. The van der Waals surface area contributed by atoms with Crippen molar-refractivity contribution >= 4 is 40.6 Å². The van der Waals surface area contributed by atoms with Gasteiger partial charge in [-0.25, -0.2) is 0 Å². The predicted molar refractivity (Wildman–Crippen MR) is 191 cm³/mol. The lowest BCUT2D eigenvalue weighted by atomic mass is 9.83. The topological polar surface area (TPSA) is 178 Å². The van der Waals surface area contributed by atoms with Crippen LogP contribution in [0.2, 0.25) is 0 Å². The molecule has 0 spiro atoms. The van der Waals surface area contributed by atoms with Crippen LogP contribution in [-0.2, 0) is 9.59 Å². The molecule has 5 N–H and O–H groups in total. The summed E-state index contributed by atoms with van der Waals surface area (Å²) in [5.41, 5.74) is -0.886. The van der Waals surface area contributed by atoms with Gasteiger partial charge in [-0.15, -0.1) is 0 Å². The van der Waals surface area contributed by atoms with Crippen molar-refractivity contribution in [1.82, 2.24) is 5.32 Å². The number of Topliss-reactive ketones (excluding diaryl/α,β-unsaturated/α-hetero) is 4. The Morgan fingerprint density at radius 2 is 1.42 bits per heavy atom. The monoisotopic (exact) mass is 705 g/mol. The smallest absolute Gasteiger partial charge is 0.248 e. The van der Waals surface area contributed by atoms with Gasteiger partial charge in [-0.3, -0.25) is 24.0 Å². The van der Waals surface area contributed by atoms with Gasteiger partial charge in [0.2, 0.25) is 17.5 Å². The molecular weight excluding hydrogens is 662 g/mol. The highest BCUT2D eigenvalue weighted by Gasteiger charge is 2.38. The number of hydrogen-bond donors (Lipinski definition) is 5. The number of carbonyl (C=O) groups is 5. The fraction of sp³-hybridized carbons (Fsp3) is 0.359. The quantitative estimate of drug-likeness (QED) is 0.224. The molecule has 6 atom stereocenters. The first-order valence-corrected chi connectivity index (χ1v) is 16.7. The van der Waals surface area contributed by atoms with Crippen LogP contribution >= 0.6 is 11.6 Å². The molecule has 1 aromatic carbocycles. The summed E-state index contributed by atoms with van der Waals surface area (Å²) in [5.74, 6) is -5.52. The molecule has 1 aliphatic carbocycles. The molecule has 3 aliphatic rings. The number of aromatic hydroxyl groups is 1. The van der Waals surface area contributed by atoms with Crippen LogP contribution in [-0.4, -0.2) is 67.8 Å². The molecule has 50 heavy (non-hydrogen) atoms.